The van der Waals surface area contributed by atoms with Gasteiger partial charge in [-0.1, -0.05) is 13.8 Å². The summed E-state index contributed by atoms with van der Waals surface area (Å²) in [6.45, 7) is 6.09. The number of hydrogen-bond donors (Lipinski definition) is 2. The van der Waals surface area contributed by atoms with Crippen molar-refractivity contribution in [3.8, 4) is 0 Å². The highest BCUT2D eigenvalue weighted by molar-refractivity contribution is 5.89. The predicted octanol–water partition coefficient (Wildman–Crippen LogP) is 0.877. The maximum atomic E-state index is 12.0. The lowest BCUT2D eigenvalue weighted by Gasteiger charge is -2.27. The summed E-state index contributed by atoms with van der Waals surface area (Å²) in [6.07, 6.45) is 3.05. The van der Waals surface area contributed by atoms with Gasteiger partial charge in [-0.25, -0.2) is 4.79 Å². The van der Waals surface area contributed by atoms with Gasteiger partial charge < -0.3 is 16.0 Å². The molecule has 1 aromatic rings. The van der Waals surface area contributed by atoms with Crippen molar-refractivity contribution < 1.29 is 9.59 Å². The maximum absolute atomic E-state index is 12.0. The van der Waals surface area contributed by atoms with Gasteiger partial charge in [0.15, 0.2) is 0 Å². The number of anilines is 1. The number of primary amides is 1. The van der Waals surface area contributed by atoms with Crippen LogP contribution in [0.25, 0.3) is 0 Å². The zero-order chi connectivity index (χ0) is 14.6. The molecule has 1 aromatic heterocycles. The van der Waals surface area contributed by atoms with E-state index in [1.54, 1.807) is 18.1 Å². The Kier molecular flexibility index (Phi) is 4.91. The second-order valence-electron chi connectivity index (χ2n) is 4.92. The van der Waals surface area contributed by atoms with E-state index in [2.05, 4.69) is 24.3 Å². The molecule has 3 N–H and O–H groups in total. The first-order valence-corrected chi connectivity index (χ1v) is 6.15. The average Bonchev–Trinajstić information content (AvgIpc) is 2.73. The van der Waals surface area contributed by atoms with Crippen LogP contribution in [0.2, 0.25) is 0 Å². The molecule has 0 aliphatic heterocycles. The number of nitrogens with two attached hydrogens (primary N) is 1. The van der Waals surface area contributed by atoms with E-state index >= 15 is 0 Å². The summed E-state index contributed by atoms with van der Waals surface area (Å²) in [7, 11) is 1.74. The topological polar surface area (TPSA) is 93.2 Å². The van der Waals surface area contributed by atoms with Crippen molar-refractivity contribution in [1.29, 1.82) is 0 Å². The van der Waals surface area contributed by atoms with E-state index in [-0.39, 0.29) is 18.6 Å². The van der Waals surface area contributed by atoms with Crippen molar-refractivity contribution in [3.63, 3.8) is 0 Å². The van der Waals surface area contributed by atoms with Crippen LogP contribution in [0.1, 0.15) is 20.8 Å². The van der Waals surface area contributed by atoms with Gasteiger partial charge in [0.05, 0.1) is 11.9 Å². The Hall–Kier alpha value is -2.05. The minimum Gasteiger partial charge on any atom is -0.368 e. The minimum absolute atomic E-state index is 0.00585. The van der Waals surface area contributed by atoms with Crippen LogP contribution in [0.15, 0.2) is 12.4 Å². The highest BCUT2D eigenvalue weighted by Gasteiger charge is 2.18. The van der Waals surface area contributed by atoms with Gasteiger partial charge in [0.25, 0.3) is 0 Å². The highest BCUT2D eigenvalue weighted by atomic mass is 16.2. The monoisotopic (exact) mass is 267 g/mol. The number of nitrogens with one attached hydrogen (secondary N) is 1. The molecule has 3 amide bonds. The molecule has 19 heavy (non-hydrogen) atoms. The van der Waals surface area contributed by atoms with Gasteiger partial charge in [-0.05, 0) is 12.8 Å². The van der Waals surface area contributed by atoms with Gasteiger partial charge in [-0.15, -0.1) is 0 Å². The van der Waals surface area contributed by atoms with Crippen LogP contribution in [0.5, 0.6) is 0 Å². The molecule has 7 nitrogen and oxygen atoms in total. The summed E-state index contributed by atoms with van der Waals surface area (Å²) in [4.78, 5) is 24.3. The first-order valence-electron chi connectivity index (χ1n) is 6.15. The van der Waals surface area contributed by atoms with E-state index < -0.39 is 5.91 Å². The number of amides is 3. The van der Waals surface area contributed by atoms with Crippen LogP contribution in [-0.4, -0.2) is 39.7 Å². The molecule has 0 radical (unpaired) electrons. The van der Waals surface area contributed by atoms with Gasteiger partial charge >= 0.3 is 6.03 Å². The number of hydrogen-bond acceptors (Lipinski definition) is 3. The first-order chi connectivity index (χ1) is 8.81. The fourth-order valence-corrected chi connectivity index (χ4v) is 1.52. The molecule has 0 fully saturated rings. The Labute approximate surface area is 112 Å². The van der Waals surface area contributed by atoms with E-state index in [9.17, 15) is 9.59 Å². The van der Waals surface area contributed by atoms with Gasteiger partial charge in [0.2, 0.25) is 5.91 Å². The van der Waals surface area contributed by atoms with Crippen LogP contribution in [-0.2, 0) is 11.3 Å². The fraction of sp³-hybridized carbons (Fsp3) is 0.583. The molecule has 0 aliphatic rings. The molecule has 0 spiro atoms. The Morgan fingerprint density at radius 2 is 2.11 bits per heavy atom. The largest absolute Gasteiger partial charge is 0.368 e. The molecule has 106 valence electrons. The Balaban J connectivity index is 2.61. The lowest BCUT2D eigenvalue weighted by molar-refractivity contribution is -0.118. The molecule has 7 heteroatoms. The third-order valence-electron chi connectivity index (χ3n) is 3.10. The molecular weight excluding hydrogens is 246 g/mol. The van der Waals surface area contributed by atoms with Crippen LogP contribution in [0, 0.1) is 5.92 Å². The number of aromatic nitrogens is 2. The molecule has 1 heterocycles. The van der Waals surface area contributed by atoms with Gasteiger partial charge in [0, 0.05) is 19.3 Å². The summed E-state index contributed by atoms with van der Waals surface area (Å²) in [5.74, 6) is -0.111. The zero-order valence-corrected chi connectivity index (χ0v) is 11.8. The molecule has 0 aliphatic carbocycles. The summed E-state index contributed by atoms with van der Waals surface area (Å²) in [5.41, 5.74) is 5.60. The summed E-state index contributed by atoms with van der Waals surface area (Å²) >= 11 is 0. The molecule has 0 unspecified atom stereocenters. The van der Waals surface area contributed by atoms with Crippen molar-refractivity contribution in [2.24, 2.45) is 11.7 Å². The van der Waals surface area contributed by atoms with Crippen molar-refractivity contribution in [2.45, 2.75) is 33.4 Å². The van der Waals surface area contributed by atoms with Crippen molar-refractivity contribution >= 4 is 17.6 Å². The number of urea groups is 1. The van der Waals surface area contributed by atoms with Gasteiger partial charge in [-0.2, -0.15) is 5.10 Å². The Bertz CT molecular complexity index is 455. The van der Waals surface area contributed by atoms with Gasteiger partial charge in [0.1, 0.15) is 6.54 Å². The number of rotatable bonds is 5. The van der Waals surface area contributed by atoms with Crippen molar-refractivity contribution in [1.82, 2.24) is 14.7 Å². The second-order valence-corrected chi connectivity index (χ2v) is 4.92. The molecule has 0 saturated heterocycles. The summed E-state index contributed by atoms with van der Waals surface area (Å²) in [6, 6.07) is -0.0829. The van der Waals surface area contributed by atoms with E-state index in [1.807, 2.05) is 6.92 Å². The maximum Gasteiger partial charge on any atom is 0.321 e. The van der Waals surface area contributed by atoms with E-state index in [0.29, 0.717) is 11.6 Å². The zero-order valence-electron chi connectivity index (χ0n) is 11.8. The average molecular weight is 267 g/mol. The van der Waals surface area contributed by atoms with Gasteiger partial charge in [-0.3, -0.25) is 9.48 Å². The minimum atomic E-state index is -0.480. The highest BCUT2D eigenvalue weighted by Crippen LogP contribution is 2.11. The second kappa shape index (κ2) is 6.21. The SMILES string of the molecule is CC(C)[C@H](C)N(C)C(=O)Nc1cnn(CC(N)=O)c1. The van der Waals surface area contributed by atoms with E-state index in [0.717, 1.165) is 0 Å². The van der Waals surface area contributed by atoms with Crippen LogP contribution < -0.4 is 11.1 Å². The Morgan fingerprint density at radius 3 is 2.63 bits per heavy atom. The third-order valence-corrected chi connectivity index (χ3v) is 3.10. The van der Waals surface area contributed by atoms with Crippen LogP contribution in [0.4, 0.5) is 10.5 Å². The first kappa shape index (κ1) is 15.0. The smallest absolute Gasteiger partial charge is 0.321 e. The molecule has 0 saturated carbocycles. The normalized spacial score (nSPS) is 12.3. The standard InChI is InChI=1S/C12H21N5O2/c1-8(2)9(3)16(4)12(19)15-10-5-14-17(6-10)7-11(13)18/h5-6,8-9H,7H2,1-4H3,(H2,13,18)(H,15,19)/t9-/m0/s1. The molecule has 0 bridgehead atoms. The van der Waals surface area contributed by atoms with E-state index in [4.69, 9.17) is 5.73 Å². The van der Waals surface area contributed by atoms with Crippen LogP contribution >= 0.6 is 0 Å². The Morgan fingerprint density at radius 1 is 1.47 bits per heavy atom. The fourth-order valence-electron chi connectivity index (χ4n) is 1.52. The molecular formula is C12H21N5O2. The van der Waals surface area contributed by atoms with Crippen molar-refractivity contribution in [3.05, 3.63) is 12.4 Å². The summed E-state index contributed by atoms with van der Waals surface area (Å²) < 4.78 is 1.38. The molecule has 1 atom stereocenters. The predicted molar refractivity (Wildman–Crippen MR) is 72.5 cm³/mol. The lowest BCUT2D eigenvalue weighted by atomic mass is 10.1. The molecule has 1 rings (SSSR count). The van der Waals surface area contributed by atoms with Crippen LogP contribution in [0.3, 0.4) is 0 Å². The van der Waals surface area contributed by atoms with Crippen molar-refractivity contribution in [2.75, 3.05) is 12.4 Å². The third kappa shape index (κ3) is 4.27. The number of nitrogens with zero attached hydrogens (tertiary/aromatic N) is 3. The number of carbonyl (C=O) groups excluding carboxylic acids is 2. The quantitative estimate of drug-likeness (QED) is 0.829. The lowest BCUT2D eigenvalue weighted by Crippen LogP contribution is -2.40. The number of carbonyl (C=O) groups is 2. The summed E-state index contributed by atoms with van der Waals surface area (Å²) in [5, 5.41) is 6.65. The van der Waals surface area contributed by atoms with E-state index in [1.165, 1.54) is 10.9 Å². The molecule has 0 aromatic carbocycles.